The maximum atomic E-state index is 12.8. The zero-order valence-corrected chi connectivity index (χ0v) is 9.34. The zero-order valence-electron chi connectivity index (χ0n) is 9.34. The number of carboxylic acids is 1. The molecule has 1 aromatic carbocycles. The largest absolute Gasteiger partial charge is 0.481 e. The van der Waals surface area contributed by atoms with Crippen molar-refractivity contribution in [3.8, 4) is 0 Å². The molecule has 1 fully saturated rings. The van der Waals surface area contributed by atoms with Gasteiger partial charge >= 0.3 is 5.97 Å². The highest BCUT2D eigenvalue weighted by Crippen LogP contribution is 2.38. The summed E-state index contributed by atoms with van der Waals surface area (Å²) in [6.07, 6.45) is 1.23. The maximum Gasteiger partial charge on any atom is 0.307 e. The normalized spacial score (nSPS) is 28.9. The van der Waals surface area contributed by atoms with E-state index in [9.17, 15) is 14.3 Å². The first-order valence-electron chi connectivity index (χ1n) is 5.76. The van der Waals surface area contributed by atoms with Crippen LogP contribution in [0.25, 0.3) is 0 Å². The van der Waals surface area contributed by atoms with Gasteiger partial charge in [-0.15, -0.1) is 0 Å². The van der Waals surface area contributed by atoms with Crippen LogP contribution in [0.2, 0.25) is 0 Å². The second kappa shape index (κ2) is 4.84. The quantitative estimate of drug-likeness (QED) is 0.830. The highest BCUT2D eigenvalue weighted by Gasteiger charge is 2.37. The highest BCUT2D eigenvalue weighted by atomic mass is 19.1. The van der Waals surface area contributed by atoms with Gasteiger partial charge in [-0.25, -0.2) is 4.39 Å². The zero-order chi connectivity index (χ0) is 12.4. The minimum Gasteiger partial charge on any atom is -0.481 e. The molecular formula is C13H15FO3. The Morgan fingerprint density at radius 2 is 1.88 bits per heavy atom. The van der Waals surface area contributed by atoms with Gasteiger partial charge in [0.15, 0.2) is 0 Å². The Morgan fingerprint density at radius 3 is 2.47 bits per heavy atom. The SMILES string of the molecule is O=C(O)[C@@H]1CCC[C@H](O)[C@H]1c1ccc(F)cc1. The number of aliphatic hydroxyl groups excluding tert-OH is 1. The lowest BCUT2D eigenvalue weighted by molar-refractivity contribution is -0.145. The van der Waals surface area contributed by atoms with Crippen molar-refractivity contribution >= 4 is 5.97 Å². The van der Waals surface area contributed by atoms with Crippen molar-refractivity contribution in [1.82, 2.24) is 0 Å². The molecule has 0 saturated heterocycles. The number of carboxylic acid groups (broad SMARTS) is 1. The molecule has 2 rings (SSSR count). The molecular weight excluding hydrogens is 223 g/mol. The lowest BCUT2D eigenvalue weighted by Gasteiger charge is -2.33. The third-order valence-electron chi connectivity index (χ3n) is 3.44. The van der Waals surface area contributed by atoms with E-state index in [0.717, 1.165) is 6.42 Å². The van der Waals surface area contributed by atoms with Crippen LogP contribution in [0.5, 0.6) is 0 Å². The molecule has 92 valence electrons. The van der Waals surface area contributed by atoms with Gasteiger partial charge in [0.05, 0.1) is 12.0 Å². The van der Waals surface area contributed by atoms with E-state index in [2.05, 4.69) is 0 Å². The molecule has 1 aliphatic carbocycles. The minimum absolute atomic E-state index is 0.356. The van der Waals surface area contributed by atoms with Crippen LogP contribution in [-0.4, -0.2) is 22.3 Å². The molecule has 0 radical (unpaired) electrons. The number of rotatable bonds is 2. The van der Waals surface area contributed by atoms with Crippen LogP contribution in [0, 0.1) is 11.7 Å². The summed E-state index contributed by atoms with van der Waals surface area (Å²) in [4.78, 5) is 11.2. The van der Waals surface area contributed by atoms with E-state index in [1.165, 1.54) is 12.1 Å². The topological polar surface area (TPSA) is 57.5 Å². The van der Waals surface area contributed by atoms with Gasteiger partial charge in [-0.3, -0.25) is 4.79 Å². The molecule has 3 nitrogen and oxygen atoms in total. The minimum atomic E-state index is -0.891. The van der Waals surface area contributed by atoms with Gasteiger partial charge in [0.25, 0.3) is 0 Å². The monoisotopic (exact) mass is 238 g/mol. The van der Waals surface area contributed by atoms with Crippen molar-refractivity contribution in [3.63, 3.8) is 0 Å². The van der Waals surface area contributed by atoms with Gasteiger partial charge in [-0.05, 0) is 37.0 Å². The summed E-state index contributed by atoms with van der Waals surface area (Å²) in [6, 6.07) is 5.72. The van der Waals surface area contributed by atoms with Crippen LogP contribution >= 0.6 is 0 Å². The Bertz CT molecular complexity index is 402. The molecule has 0 unspecified atom stereocenters. The van der Waals surface area contributed by atoms with Gasteiger partial charge < -0.3 is 10.2 Å². The summed E-state index contributed by atoms with van der Waals surface area (Å²) in [5, 5.41) is 19.1. The summed E-state index contributed by atoms with van der Waals surface area (Å²) in [5.74, 6) is -2.25. The van der Waals surface area contributed by atoms with Crippen molar-refractivity contribution in [2.75, 3.05) is 0 Å². The lowest BCUT2D eigenvalue weighted by Crippen LogP contribution is -2.34. The third-order valence-corrected chi connectivity index (χ3v) is 3.44. The number of aliphatic carboxylic acids is 1. The Kier molecular flexibility index (Phi) is 3.43. The number of halogens is 1. The maximum absolute atomic E-state index is 12.8. The van der Waals surface area contributed by atoms with E-state index in [0.29, 0.717) is 18.4 Å². The first-order chi connectivity index (χ1) is 8.09. The summed E-state index contributed by atoms with van der Waals surface area (Å²) >= 11 is 0. The van der Waals surface area contributed by atoms with Crippen LogP contribution in [0.3, 0.4) is 0 Å². The predicted molar refractivity (Wildman–Crippen MR) is 60.1 cm³/mol. The standard InChI is InChI=1S/C13H15FO3/c14-9-6-4-8(5-7-9)12-10(13(16)17)2-1-3-11(12)15/h4-7,10-12,15H,1-3H2,(H,16,17)/t10-,11+,12+/m1/s1. The molecule has 0 bridgehead atoms. The molecule has 1 aliphatic rings. The summed E-state index contributed by atoms with van der Waals surface area (Å²) in [6.45, 7) is 0. The number of benzene rings is 1. The van der Waals surface area contributed by atoms with E-state index >= 15 is 0 Å². The third kappa shape index (κ3) is 2.47. The van der Waals surface area contributed by atoms with Gasteiger partial charge in [-0.2, -0.15) is 0 Å². The van der Waals surface area contributed by atoms with Crippen LogP contribution in [0.4, 0.5) is 4.39 Å². The van der Waals surface area contributed by atoms with E-state index in [1.807, 2.05) is 0 Å². The van der Waals surface area contributed by atoms with E-state index in [4.69, 9.17) is 5.11 Å². The van der Waals surface area contributed by atoms with Gasteiger partial charge in [0.2, 0.25) is 0 Å². The second-order valence-corrected chi connectivity index (χ2v) is 4.52. The molecule has 2 N–H and O–H groups in total. The first-order valence-corrected chi connectivity index (χ1v) is 5.76. The molecule has 0 amide bonds. The van der Waals surface area contributed by atoms with Gasteiger partial charge in [0, 0.05) is 5.92 Å². The molecule has 0 aromatic heterocycles. The van der Waals surface area contributed by atoms with Crippen LogP contribution in [0.15, 0.2) is 24.3 Å². The van der Waals surface area contributed by atoms with Gasteiger partial charge in [-0.1, -0.05) is 12.1 Å². The van der Waals surface area contributed by atoms with Crippen molar-refractivity contribution < 1.29 is 19.4 Å². The van der Waals surface area contributed by atoms with Crippen LogP contribution < -0.4 is 0 Å². The van der Waals surface area contributed by atoms with Crippen molar-refractivity contribution in [2.24, 2.45) is 5.92 Å². The first kappa shape index (κ1) is 12.0. The average Bonchev–Trinajstić information content (AvgIpc) is 2.30. The molecule has 0 heterocycles. The molecule has 0 spiro atoms. The van der Waals surface area contributed by atoms with E-state index < -0.39 is 23.9 Å². The van der Waals surface area contributed by atoms with E-state index in [1.54, 1.807) is 12.1 Å². The van der Waals surface area contributed by atoms with Crippen molar-refractivity contribution in [3.05, 3.63) is 35.6 Å². The number of carbonyl (C=O) groups is 1. The number of hydrogen-bond donors (Lipinski definition) is 2. The molecule has 3 atom stereocenters. The summed E-state index contributed by atoms with van der Waals surface area (Å²) in [7, 11) is 0. The Morgan fingerprint density at radius 1 is 1.24 bits per heavy atom. The van der Waals surface area contributed by atoms with Crippen molar-refractivity contribution in [2.45, 2.75) is 31.3 Å². The molecule has 17 heavy (non-hydrogen) atoms. The fourth-order valence-electron chi connectivity index (χ4n) is 2.59. The van der Waals surface area contributed by atoms with Crippen molar-refractivity contribution in [1.29, 1.82) is 0 Å². The average molecular weight is 238 g/mol. The van der Waals surface area contributed by atoms with Crippen LogP contribution in [-0.2, 0) is 4.79 Å². The number of aliphatic hydroxyl groups is 1. The van der Waals surface area contributed by atoms with E-state index in [-0.39, 0.29) is 5.82 Å². The molecule has 1 saturated carbocycles. The van der Waals surface area contributed by atoms with Crippen LogP contribution in [0.1, 0.15) is 30.7 Å². The summed E-state index contributed by atoms with van der Waals surface area (Å²) in [5.41, 5.74) is 0.700. The molecule has 4 heteroatoms. The Hall–Kier alpha value is -1.42. The number of hydrogen-bond acceptors (Lipinski definition) is 2. The molecule has 1 aromatic rings. The summed E-state index contributed by atoms with van der Waals surface area (Å²) < 4.78 is 12.8. The fraction of sp³-hybridized carbons (Fsp3) is 0.462. The highest BCUT2D eigenvalue weighted by molar-refractivity contribution is 5.71. The smallest absolute Gasteiger partial charge is 0.307 e. The Labute approximate surface area is 98.9 Å². The second-order valence-electron chi connectivity index (χ2n) is 4.52. The lowest BCUT2D eigenvalue weighted by atomic mass is 9.73. The Balaban J connectivity index is 2.31. The van der Waals surface area contributed by atoms with Gasteiger partial charge in [0.1, 0.15) is 5.82 Å². The predicted octanol–water partition coefficient (Wildman–Crippen LogP) is 2.15. The fourth-order valence-corrected chi connectivity index (χ4v) is 2.59. The molecule has 0 aliphatic heterocycles.